The number of nitrogens with zero attached hydrogens (tertiary/aromatic N) is 1. The van der Waals surface area contributed by atoms with E-state index in [-0.39, 0.29) is 29.7 Å². The number of ketones is 1. The molecule has 1 N–H and O–H groups in total. The Morgan fingerprint density at radius 1 is 1.14 bits per heavy atom. The van der Waals surface area contributed by atoms with Crippen molar-refractivity contribution in [3.05, 3.63) is 21.9 Å². The SMILES string of the molecule is O=C1NC2(CCCc3sccc32)C(=O)N1CC(=O)C12CC3CC(CC(C3)C1)C2. The maximum absolute atomic E-state index is 13.4. The quantitative estimate of drug-likeness (QED) is 0.791. The van der Waals surface area contributed by atoms with Crippen molar-refractivity contribution in [2.75, 3.05) is 6.54 Å². The Morgan fingerprint density at radius 3 is 2.50 bits per heavy atom. The molecule has 28 heavy (non-hydrogen) atoms. The number of hydrogen-bond donors (Lipinski definition) is 1. The van der Waals surface area contributed by atoms with E-state index in [4.69, 9.17) is 0 Å². The number of imide groups is 1. The van der Waals surface area contributed by atoms with E-state index < -0.39 is 5.54 Å². The molecule has 5 aliphatic carbocycles. The van der Waals surface area contributed by atoms with Gasteiger partial charge < -0.3 is 5.32 Å². The Hall–Kier alpha value is -1.69. The third-order valence-corrected chi connectivity index (χ3v) is 9.25. The first-order chi connectivity index (χ1) is 13.5. The smallest absolute Gasteiger partial charge is 0.319 e. The molecule has 6 aliphatic rings. The number of hydrogen-bond acceptors (Lipinski definition) is 4. The van der Waals surface area contributed by atoms with E-state index in [1.165, 1.54) is 29.0 Å². The van der Waals surface area contributed by atoms with Crippen molar-refractivity contribution in [2.24, 2.45) is 23.2 Å². The summed E-state index contributed by atoms with van der Waals surface area (Å²) in [7, 11) is 0. The minimum absolute atomic E-state index is 0.0436. The van der Waals surface area contributed by atoms with Gasteiger partial charge in [-0.3, -0.25) is 14.5 Å². The maximum Gasteiger partial charge on any atom is 0.325 e. The van der Waals surface area contributed by atoms with Crippen molar-refractivity contribution < 1.29 is 14.4 Å². The van der Waals surface area contributed by atoms with Gasteiger partial charge in [0.1, 0.15) is 5.54 Å². The molecule has 1 unspecified atom stereocenters. The number of amides is 3. The first-order valence-electron chi connectivity index (χ1n) is 10.7. The summed E-state index contributed by atoms with van der Waals surface area (Å²) in [6, 6.07) is 1.59. The van der Waals surface area contributed by atoms with Gasteiger partial charge in [0.15, 0.2) is 5.78 Å². The summed E-state index contributed by atoms with van der Waals surface area (Å²) in [4.78, 5) is 42.1. The summed E-state index contributed by atoms with van der Waals surface area (Å²) in [5.74, 6) is 1.95. The Bertz CT molecular complexity index is 855. The van der Waals surface area contributed by atoms with E-state index in [0.717, 1.165) is 37.7 Å². The van der Waals surface area contributed by atoms with Gasteiger partial charge in [-0.1, -0.05) is 0 Å². The second-order valence-corrected chi connectivity index (χ2v) is 11.0. The van der Waals surface area contributed by atoms with Crippen LogP contribution in [0.4, 0.5) is 4.79 Å². The van der Waals surface area contributed by atoms with E-state index in [2.05, 4.69) is 5.32 Å². The Kier molecular flexibility index (Phi) is 3.49. The highest BCUT2D eigenvalue weighted by Gasteiger charge is 2.58. The Balaban J connectivity index is 1.27. The molecule has 1 atom stereocenters. The molecule has 1 spiro atoms. The average Bonchev–Trinajstić information content (AvgIpc) is 3.21. The Labute approximate surface area is 168 Å². The molecule has 7 rings (SSSR count). The third kappa shape index (κ3) is 2.21. The van der Waals surface area contributed by atoms with Crippen LogP contribution in [0.1, 0.15) is 61.8 Å². The van der Waals surface area contributed by atoms with Crippen LogP contribution in [0.3, 0.4) is 0 Å². The lowest BCUT2D eigenvalue weighted by atomic mass is 9.48. The molecular weight excluding hydrogens is 372 g/mol. The summed E-state index contributed by atoms with van der Waals surface area (Å²) < 4.78 is 0. The van der Waals surface area contributed by atoms with Crippen LogP contribution in [0.25, 0.3) is 0 Å². The summed E-state index contributed by atoms with van der Waals surface area (Å²) in [5, 5.41) is 4.98. The standard InChI is InChI=1S/C22H26N2O3S/c25-18(21-9-13-6-14(10-21)8-15(7-13)11-21)12-24-19(26)22(23-20(24)27)4-1-2-17-16(22)3-5-28-17/h3,5,13-15H,1-2,4,6-12H2,(H,23,27). The molecule has 0 radical (unpaired) electrons. The van der Waals surface area contributed by atoms with Gasteiger partial charge in [0.05, 0.1) is 6.54 Å². The zero-order valence-corrected chi connectivity index (χ0v) is 16.9. The van der Waals surface area contributed by atoms with Crippen molar-refractivity contribution in [1.29, 1.82) is 0 Å². The van der Waals surface area contributed by atoms with Gasteiger partial charge in [0, 0.05) is 15.9 Å². The highest BCUT2D eigenvalue weighted by Crippen LogP contribution is 2.60. The summed E-state index contributed by atoms with van der Waals surface area (Å²) in [5.41, 5.74) is -0.260. The van der Waals surface area contributed by atoms with Crippen LogP contribution in [0.5, 0.6) is 0 Å². The monoisotopic (exact) mass is 398 g/mol. The molecule has 4 saturated carbocycles. The van der Waals surface area contributed by atoms with Gasteiger partial charge in [0.2, 0.25) is 0 Å². The second kappa shape index (κ2) is 5.68. The van der Waals surface area contributed by atoms with Gasteiger partial charge in [-0.2, -0.15) is 0 Å². The van der Waals surface area contributed by atoms with Crippen molar-refractivity contribution in [1.82, 2.24) is 10.2 Å². The molecule has 2 heterocycles. The van der Waals surface area contributed by atoms with E-state index in [1.807, 2.05) is 11.4 Å². The average molecular weight is 399 g/mol. The minimum atomic E-state index is -0.938. The fourth-order valence-electron chi connectivity index (χ4n) is 7.45. The minimum Gasteiger partial charge on any atom is -0.319 e. The van der Waals surface area contributed by atoms with Gasteiger partial charge in [0.25, 0.3) is 5.91 Å². The van der Waals surface area contributed by atoms with Crippen LogP contribution in [-0.4, -0.2) is 29.2 Å². The summed E-state index contributed by atoms with van der Waals surface area (Å²) in [6.07, 6.45) is 9.23. The number of nitrogens with one attached hydrogen (secondary N) is 1. The maximum atomic E-state index is 13.4. The second-order valence-electron chi connectivity index (χ2n) is 9.96. The van der Waals surface area contributed by atoms with Crippen LogP contribution >= 0.6 is 11.3 Å². The fraction of sp³-hybridized carbons (Fsp3) is 0.682. The number of urea groups is 1. The number of carbonyl (C=O) groups excluding carboxylic acids is 3. The van der Waals surface area contributed by atoms with Gasteiger partial charge in [-0.25, -0.2) is 4.79 Å². The normalized spacial score (nSPS) is 40.9. The number of Topliss-reactive ketones (excluding diaryl/α,β-unsaturated/α-hetero) is 1. The molecule has 1 aromatic rings. The molecule has 1 saturated heterocycles. The zero-order valence-electron chi connectivity index (χ0n) is 16.0. The van der Waals surface area contributed by atoms with Crippen molar-refractivity contribution in [2.45, 2.75) is 63.3 Å². The topological polar surface area (TPSA) is 66.5 Å². The predicted molar refractivity (Wildman–Crippen MR) is 105 cm³/mol. The molecular formula is C22H26N2O3S. The van der Waals surface area contributed by atoms with Crippen LogP contribution in [-0.2, 0) is 21.5 Å². The van der Waals surface area contributed by atoms with Crippen LogP contribution in [0, 0.1) is 23.2 Å². The van der Waals surface area contributed by atoms with Crippen molar-refractivity contribution in [3.63, 3.8) is 0 Å². The third-order valence-electron chi connectivity index (χ3n) is 8.27. The lowest BCUT2D eigenvalue weighted by molar-refractivity contribution is -0.147. The lowest BCUT2D eigenvalue weighted by Crippen LogP contribution is -2.53. The molecule has 0 aromatic carbocycles. The van der Waals surface area contributed by atoms with Gasteiger partial charge in [-0.15, -0.1) is 11.3 Å². The molecule has 6 heteroatoms. The van der Waals surface area contributed by atoms with Crippen molar-refractivity contribution in [3.8, 4) is 0 Å². The van der Waals surface area contributed by atoms with E-state index in [0.29, 0.717) is 24.2 Å². The number of aryl methyl sites for hydroxylation is 1. The van der Waals surface area contributed by atoms with Gasteiger partial charge in [-0.05, 0) is 87.0 Å². The fourth-order valence-corrected chi connectivity index (χ4v) is 8.45. The molecule has 1 aromatic heterocycles. The van der Waals surface area contributed by atoms with Crippen LogP contribution in [0.15, 0.2) is 11.4 Å². The van der Waals surface area contributed by atoms with Crippen LogP contribution in [0.2, 0.25) is 0 Å². The lowest BCUT2D eigenvalue weighted by Gasteiger charge is -2.56. The number of thiophene rings is 1. The first-order valence-corrected chi connectivity index (χ1v) is 11.6. The molecule has 1 aliphatic heterocycles. The Morgan fingerprint density at radius 2 is 1.82 bits per heavy atom. The predicted octanol–water partition coefficient (Wildman–Crippen LogP) is 3.62. The molecule has 3 amide bonds. The van der Waals surface area contributed by atoms with Gasteiger partial charge >= 0.3 is 6.03 Å². The van der Waals surface area contributed by atoms with E-state index in [1.54, 1.807) is 11.3 Å². The zero-order chi connectivity index (χ0) is 19.1. The highest BCUT2D eigenvalue weighted by atomic mass is 32.1. The molecule has 4 bridgehead atoms. The number of fused-ring (bicyclic) bond motifs is 2. The molecule has 5 nitrogen and oxygen atoms in total. The molecule has 5 fully saturated rings. The van der Waals surface area contributed by atoms with E-state index >= 15 is 0 Å². The largest absolute Gasteiger partial charge is 0.325 e. The van der Waals surface area contributed by atoms with Crippen molar-refractivity contribution >= 4 is 29.1 Å². The van der Waals surface area contributed by atoms with Crippen LogP contribution < -0.4 is 5.32 Å². The number of rotatable bonds is 3. The summed E-state index contributed by atoms with van der Waals surface area (Å²) in [6.45, 7) is -0.0436. The number of carbonyl (C=O) groups is 3. The summed E-state index contributed by atoms with van der Waals surface area (Å²) >= 11 is 1.65. The highest BCUT2D eigenvalue weighted by molar-refractivity contribution is 7.10. The molecule has 148 valence electrons. The first kappa shape index (κ1) is 17.2. The van der Waals surface area contributed by atoms with E-state index in [9.17, 15) is 14.4 Å².